The zero-order valence-corrected chi connectivity index (χ0v) is 12.9. The van der Waals surface area contributed by atoms with Gasteiger partial charge in [0.15, 0.2) is 0 Å². The van der Waals surface area contributed by atoms with Gasteiger partial charge in [-0.25, -0.2) is 4.98 Å². The molecule has 2 aromatic rings. The molecule has 1 heterocycles. The molecule has 1 aromatic carbocycles. The summed E-state index contributed by atoms with van der Waals surface area (Å²) < 4.78 is 4.94. The van der Waals surface area contributed by atoms with Gasteiger partial charge in [-0.3, -0.25) is 9.59 Å². The molecule has 2 N–H and O–H groups in total. The predicted molar refractivity (Wildman–Crippen MR) is 87.2 cm³/mol. The molecule has 0 saturated carbocycles. The maximum Gasteiger partial charge on any atom is 0.226 e. The van der Waals surface area contributed by atoms with Gasteiger partial charge in [0.2, 0.25) is 17.7 Å². The second-order valence-corrected chi connectivity index (χ2v) is 4.90. The van der Waals surface area contributed by atoms with Crippen LogP contribution in [0.1, 0.15) is 12.0 Å². The summed E-state index contributed by atoms with van der Waals surface area (Å²) >= 11 is 0. The van der Waals surface area contributed by atoms with E-state index in [-0.39, 0.29) is 18.2 Å². The SMILES string of the molecule is COc1ccc(NC(=O)CCNC(=O)Cc2ccccc2)cn1. The second-order valence-electron chi connectivity index (χ2n) is 4.90. The summed E-state index contributed by atoms with van der Waals surface area (Å²) in [6.07, 6.45) is 2.03. The van der Waals surface area contributed by atoms with Gasteiger partial charge in [-0.2, -0.15) is 0 Å². The lowest BCUT2D eigenvalue weighted by Crippen LogP contribution is -2.28. The Bertz CT molecular complexity index is 642. The zero-order valence-electron chi connectivity index (χ0n) is 12.9. The highest BCUT2D eigenvalue weighted by atomic mass is 16.5. The first-order chi connectivity index (χ1) is 11.2. The highest BCUT2D eigenvalue weighted by Gasteiger charge is 2.06. The number of hydrogen-bond donors (Lipinski definition) is 2. The molecule has 2 rings (SSSR count). The van der Waals surface area contributed by atoms with Crippen molar-refractivity contribution in [3.63, 3.8) is 0 Å². The summed E-state index contributed by atoms with van der Waals surface area (Å²) in [5, 5.41) is 5.44. The van der Waals surface area contributed by atoms with E-state index in [1.807, 2.05) is 30.3 Å². The number of carbonyl (C=O) groups is 2. The number of hydrogen-bond acceptors (Lipinski definition) is 4. The van der Waals surface area contributed by atoms with E-state index in [0.29, 0.717) is 24.5 Å². The molecule has 120 valence electrons. The minimum absolute atomic E-state index is 0.102. The van der Waals surface area contributed by atoms with E-state index < -0.39 is 0 Å². The van der Waals surface area contributed by atoms with Crippen molar-refractivity contribution < 1.29 is 14.3 Å². The number of nitrogens with one attached hydrogen (secondary N) is 2. The van der Waals surface area contributed by atoms with Crippen LogP contribution in [0.15, 0.2) is 48.7 Å². The molecule has 0 radical (unpaired) electrons. The van der Waals surface area contributed by atoms with Crippen LogP contribution in [0.2, 0.25) is 0 Å². The number of methoxy groups -OCH3 is 1. The van der Waals surface area contributed by atoms with Crippen molar-refractivity contribution in [1.29, 1.82) is 0 Å². The summed E-state index contributed by atoms with van der Waals surface area (Å²) in [6, 6.07) is 12.8. The van der Waals surface area contributed by atoms with Gasteiger partial charge in [0.1, 0.15) is 0 Å². The first kappa shape index (κ1) is 16.5. The van der Waals surface area contributed by atoms with Crippen molar-refractivity contribution in [3.05, 3.63) is 54.2 Å². The lowest BCUT2D eigenvalue weighted by molar-refractivity contribution is -0.120. The average Bonchev–Trinajstić information content (AvgIpc) is 2.56. The van der Waals surface area contributed by atoms with Gasteiger partial charge in [-0.05, 0) is 11.6 Å². The van der Waals surface area contributed by atoms with E-state index in [4.69, 9.17) is 4.74 Å². The van der Waals surface area contributed by atoms with Crippen molar-refractivity contribution in [3.8, 4) is 5.88 Å². The summed E-state index contributed by atoms with van der Waals surface area (Å²) in [6.45, 7) is 0.293. The molecule has 0 aliphatic rings. The monoisotopic (exact) mass is 313 g/mol. The minimum atomic E-state index is -0.183. The number of rotatable bonds is 7. The number of anilines is 1. The van der Waals surface area contributed by atoms with Crippen LogP contribution in [0.4, 0.5) is 5.69 Å². The Labute approximate surface area is 134 Å². The molecule has 0 fully saturated rings. The van der Waals surface area contributed by atoms with E-state index in [1.54, 1.807) is 12.1 Å². The van der Waals surface area contributed by atoms with Crippen molar-refractivity contribution in [2.75, 3.05) is 19.0 Å². The van der Waals surface area contributed by atoms with Gasteiger partial charge in [0, 0.05) is 19.0 Å². The summed E-state index contributed by atoms with van der Waals surface area (Å²) in [5.74, 6) is 0.197. The van der Waals surface area contributed by atoms with Crippen LogP contribution in [0, 0.1) is 0 Å². The fourth-order valence-electron chi connectivity index (χ4n) is 1.96. The van der Waals surface area contributed by atoms with Crippen molar-refractivity contribution in [1.82, 2.24) is 10.3 Å². The molecule has 0 aliphatic carbocycles. The Kier molecular flexibility index (Phi) is 6.11. The molecule has 6 heteroatoms. The number of benzene rings is 1. The zero-order chi connectivity index (χ0) is 16.5. The lowest BCUT2D eigenvalue weighted by Gasteiger charge is -2.07. The minimum Gasteiger partial charge on any atom is -0.481 e. The van der Waals surface area contributed by atoms with Crippen molar-refractivity contribution >= 4 is 17.5 Å². The Balaban J connectivity index is 1.68. The fraction of sp³-hybridized carbons (Fsp3) is 0.235. The molecule has 0 aliphatic heterocycles. The Morgan fingerprint density at radius 3 is 2.52 bits per heavy atom. The number of nitrogens with zero attached hydrogens (tertiary/aromatic N) is 1. The van der Waals surface area contributed by atoms with Crippen LogP contribution in [0.5, 0.6) is 5.88 Å². The smallest absolute Gasteiger partial charge is 0.226 e. The molecule has 6 nitrogen and oxygen atoms in total. The maximum atomic E-state index is 11.8. The summed E-state index contributed by atoms with van der Waals surface area (Å²) in [7, 11) is 1.53. The first-order valence-corrected chi connectivity index (χ1v) is 7.28. The topological polar surface area (TPSA) is 80.3 Å². The van der Waals surface area contributed by atoms with Crippen LogP contribution in [0.3, 0.4) is 0 Å². The molecule has 1 aromatic heterocycles. The van der Waals surface area contributed by atoms with Crippen molar-refractivity contribution in [2.45, 2.75) is 12.8 Å². The van der Waals surface area contributed by atoms with Gasteiger partial charge in [-0.15, -0.1) is 0 Å². The molecule has 0 unspecified atom stereocenters. The second kappa shape index (κ2) is 8.53. The van der Waals surface area contributed by atoms with Gasteiger partial charge in [0.25, 0.3) is 0 Å². The van der Waals surface area contributed by atoms with Crippen molar-refractivity contribution in [2.24, 2.45) is 0 Å². The normalized spacial score (nSPS) is 9.96. The molecule has 0 spiro atoms. The number of amides is 2. The number of carbonyl (C=O) groups excluding carboxylic acids is 2. The predicted octanol–water partition coefficient (Wildman–Crippen LogP) is 1.78. The third-order valence-electron chi connectivity index (χ3n) is 3.11. The standard InChI is InChI=1S/C17H19N3O3/c1-23-17-8-7-14(12-19-17)20-15(21)9-10-18-16(22)11-13-5-3-2-4-6-13/h2-8,12H,9-11H2,1H3,(H,18,22)(H,20,21). The summed E-state index contributed by atoms with van der Waals surface area (Å²) in [4.78, 5) is 27.5. The Morgan fingerprint density at radius 2 is 1.87 bits per heavy atom. The number of ether oxygens (including phenoxy) is 1. The van der Waals surface area contributed by atoms with E-state index in [0.717, 1.165) is 5.56 Å². The molecule has 23 heavy (non-hydrogen) atoms. The maximum absolute atomic E-state index is 11.8. The van der Waals surface area contributed by atoms with E-state index in [9.17, 15) is 9.59 Å². The van der Waals surface area contributed by atoms with E-state index >= 15 is 0 Å². The molecule has 0 saturated heterocycles. The molecule has 2 amide bonds. The first-order valence-electron chi connectivity index (χ1n) is 7.28. The quantitative estimate of drug-likeness (QED) is 0.816. The molecular weight excluding hydrogens is 294 g/mol. The third-order valence-corrected chi connectivity index (χ3v) is 3.11. The van der Waals surface area contributed by atoms with Crippen LogP contribution in [-0.4, -0.2) is 30.5 Å². The van der Waals surface area contributed by atoms with Gasteiger partial charge in [0.05, 0.1) is 25.4 Å². The van der Waals surface area contributed by atoms with Gasteiger partial charge in [-0.1, -0.05) is 30.3 Å². The van der Waals surface area contributed by atoms with E-state index in [2.05, 4.69) is 15.6 Å². The van der Waals surface area contributed by atoms with Crippen LogP contribution >= 0.6 is 0 Å². The molecular formula is C17H19N3O3. The van der Waals surface area contributed by atoms with Crippen LogP contribution in [0.25, 0.3) is 0 Å². The summed E-state index contributed by atoms with van der Waals surface area (Å²) in [5.41, 5.74) is 1.53. The highest BCUT2D eigenvalue weighted by molar-refractivity contribution is 5.91. The van der Waals surface area contributed by atoms with Crippen LogP contribution in [-0.2, 0) is 16.0 Å². The third kappa shape index (κ3) is 5.78. The fourth-order valence-corrected chi connectivity index (χ4v) is 1.96. The van der Waals surface area contributed by atoms with Crippen LogP contribution < -0.4 is 15.4 Å². The molecule has 0 atom stereocenters. The number of aromatic nitrogens is 1. The highest BCUT2D eigenvalue weighted by Crippen LogP contribution is 2.10. The lowest BCUT2D eigenvalue weighted by atomic mass is 10.1. The Morgan fingerprint density at radius 1 is 1.09 bits per heavy atom. The van der Waals surface area contributed by atoms with Gasteiger partial charge >= 0.3 is 0 Å². The molecule has 0 bridgehead atoms. The Hall–Kier alpha value is -2.89. The van der Waals surface area contributed by atoms with E-state index in [1.165, 1.54) is 13.3 Å². The largest absolute Gasteiger partial charge is 0.481 e. The average molecular weight is 313 g/mol. The number of pyridine rings is 1. The van der Waals surface area contributed by atoms with Gasteiger partial charge < -0.3 is 15.4 Å².